The van der Waals surface area contributed by atoms with Crippen molar-refractivity contribution >= 4 is 23.3 Å². The Morgan fingerprint density at radius 3 is 2.80 bits per heavy atom. The van der Waals surface area contributed by atoms with E-state index in [0.29, 0.717) is 13.0 Å². The quantitative estimate of drug-likeness (QED) is 0.775. The molecule has 5 nitrogen and oxygen atoms in total. The van der Waals surface area contributed by atoms with Gasteiger partial charge in [-0.25, -0.2) is 9.59 Å². The van der Waals surface area contributed by atoms with E-state index in [9.17, 15) is 9.59 Å². The van der Waals surface area contributed by atoms with E-state index in [0.717, 1.165) is 19.3 Å². The van der Waals surface area contributed by atoms with Gasteiger partial charge in [0.05, 0.1) is 0 Å². The number of carbonyl (C=O) groups excluding carboxylic acids is 1. The van der Waals surface area contributed by atoms with Crippen LogP contribution in [0.3, 0.4) is 0 Å². The summed E-state index contributed by atoms with van der Waals surface area (Å²) >= 11 is 1.65. The third kappa shape index (κ3) is 5.61. The highest BCUT2D eigenvalue weighted by Gasteiger charge is 2.20. The van der Waals surface area contributed by atoms with Crippen LogP contribution in [0.4, 0.5) is 4.79 Å². The van der Waals surface area contributed by atoms with Gasteiger partial charge in [0.25, 0.3) is 0 Å². The molecule has 0 spiro atoms. The minimum Gasteiger partial charge on any atom is -0.480 e. The van der Waals surface area contributed by atoms with Crippen LogP contribution >= 0.6 is 11.3 Å². The van der Waals surface area contributed by atoms with Crippen molar-refractivity contribution in [3.05, 3.63) is 22.4 Å². The fraction of sp³-hybridized carbons (Fsp3) is 0.571. The number of hydrogen-bond acceptors (Lipinski definition) is 3. The first-order valence-electron chi connectivity index (χ1n) is 6.81. The molecule has 6 heteroatoms. The highest BCUT2D eigenvalue weighted by Crippen LogP contribution is 2.09. The van der Waals surface area contributed by atoms with Crippen molar-refractivity contribution in [2.24, 2.45) is 0 Å². The molecular weight excluding hydrogens is 276 g/mol. The number of likely N-dealkylation sites (N-methyl/N-ethyl adjacent to an activating group) is 1. The maximum Gasteiger partial charge on any atom is 0.326 e. The molecule has 0 saturated carbocycles. The number of amides is 2. The summed E-state index contributed by atoms with van der Waals surface area (Å²) in [6.45, 7) is 2.57. The second-order valence-electron chi connectivity index (χ2n) is 4.73. The molecule has 0 radical (unpaired) electrons. The summed E-state index contributed by atoms with van der Waals surface area (Å²) in [5, 5.41) is 13.7. The molecule has 0 fully saturated rings. The lowest BCUT2D eigenvalue weighted by molar-refractivity contribution is -0.139. The van der Waals surface area contributed by atoms with E-state index in [-0.39, 0.29) is 6.03 Å². The molecule has 0 aromatic carbocycles. The second kappa shape index (κ2) is 8.58. The van der Waals surface area contributed by atoms with Gasteiger partial charge >= 0.3 is 12.0 Å². The normalized spacial score (nSPS) is 11.9. The Balaban J connectivity index is 2.40. The molecule has 1 aromatic heterocycles. The zero-order valence-electron chi connectivity index (χ0n) is 12.0. The molecule has 1 heterocycles. The standard InChI is InChI=1S/C14H22N2O3S/c1-3-4-7-12(13(17)18)15-14(19)16(2)9-8-11-6-5-10-20-11/h5-6,10,12H,3-4,7-9H2,1-2H3,(H,15,19)(H,17,18)/t12-/m0/s1. The Labute approximate surface area is 123 Å². The molecule has 112 valence electrons. The molecule has 1 aromatic rings. The van der Waals surface area contributed by atoms with Crippen molar-refractivity contribution < 1.29 is 14.7 Å². The largest absolute Gasteiger partial charge is 0.480 e. The van der Waals surface area contributed by atoms with E-state index in [1.54, 1.807) is 18.4 Å². The molecule has 0 unspecified atom stereocenters. The molecule has 0 aliphatic rings. The van der Waals surface area contributed by atoms with E-state index >= 15 is 0 Å². The zero-order valence-corrected chi connectivity index (χ0v) is 12.8. The molecule has 0 aliphatic carbocycles. The van der Waals surface area contributed by atoms with E-state index in [1.807, 2.05) is 24.4 Å². The first kappa shape index (κ1) is 16.5. The lowest BCUT2D eigenvalue weighted by atomic mass is 10.1. The number of unbranched alkanes of at least 4 members (excludes halogenated alkanes) is 1. The van der Waals surface area contributed by atoms with E-state index in [2.05, 4.69) is 5.32 Å². The fourth-order valence-electron chi connectivity index (χ4n) is 1.76. The van der Waals surface area contributed by atoms with Gasteiger partial charge in [0, 0.05) is 18.5 Å². The summed E-state index contributed by atoms with van der Waals surface area (Å²) in [6, 6.07) is 2.87. The predicted octanol–water partition coefficient (Wildman–Crippen LogP) is 2.58. The molecule has 1 rings (SSSR count). The Kier molecular flexibility index (Phi) is 7.08. The summed E-state index contributed by atoms with van der Waals surface area (Å²) in [5.74, 6) is -0.974. The average molecular weight is 298 g/mol. The topological polar surface area (TPSA) is 69.6 Å². The molecule has 0 aliphatic heterocycles. The molecule has 0 bridgehead atoms. The van der Waals surface area contributed by atoms with Crippen LogP contribution in [0.15, 0.2) is 17.5 Å². The number of nitrogens with one attached hydrogen (secondary N) is 1. The number of carboxylic acids is 1. The van der Waals surface area contributed by atoms with Gasteiger partial charge in [0.1, 0.15) is 6.04 Å². The van der Waals surface area contributed by atoms with Gasteiger partial charge in [-0.3, -0.25) is 0 Å². The first-order chi connectivity index (χ1) is 9.54. The van der Waals surface area contributed by atoms with Gasteiger partial charge < -0.3 is 15.3 Å². The van der Waals surface area contributed by atoms with Crippen LogP contribution in [0.2, 0.25) is 0 Å². The van der Waals surface area contributed by atoms with Gasteiger partial charge in [-0.05, 0) is 24.3 Å². The SMILES string of the molecule is CCCC[C@H](NC(=O)N(C)CCc1cccs1)C(=O)O. The molecule has 2 N–H and O–H groups in total. The first-order valence-corrected chi connectivity index (χ1v) is 7.69. The van der Waals surface area contributed by atoms with Crippen LogP contribution in [0.1, 0.15) is 31.1 Å². The minimum absolute atomic E-state index is 0.329. The second-order valence-corrected chi connectivity index (χ2v) is 5.77. The van der Waals surface area contributed by atoms with E-state index < -0.39 is 12.0 Å². The Morgan fingerprint density at radius 2 is 2.25 bits per heavy atom. The molecular formula is C14H22N2O3S. The Morgan fingerprint density at radius 1 is 1.50 bits per heavy atom. The molecule has 20 heavy (non-hydrogen) atoms. The minimum atomic E-state index is -0.974. The van der Waals surface area contributed by atoms with Gasteiger partial charge in [-0.2, -0.15) is 0 Å². The number of aliphatic carboxylic acids is 1. The number of urea groups is 1. The monoisotopic (exact) mass is 298 g/mol. The van der Waals surface area contributed by atoms with Gasteiger partial charge in [-0.1, -0.05) is 25.8 Å². The maximum absolute atomic E-state index is 11.9. The van der Waals surface area contributed by atoms with Crippen molar-refractivity contribution in [2.45, 2.75) is 38.6 Å². The number of carboxylic acid groups (broad SMARTS) is 1. The number of rotatable bonds is 8. The zero-order chi connectivity index (χ0) is 15.0. The summed E-state index contributed by atoms with van der Waals surface area (Å²) in [7, 11) is 1.68. The Hall–Kier alpha value is -1.56. The number of thiophene rings is 1. The molecule has 2 amide bonds. The predicted molar refractivity (Wildman–Crippen MR) is 80.1 cm³/mol. The number of nitrogens with zero attached hydrogens (tertiary/aromatic N) is 1. The van der Waals surface area contributed by atoms with Crippen LogP contribution in [0.25, 0.3) is 0 Å². The number of hydrogen-bond donors (Lipinski definition) is 2. The van der Waals surface area contributed by atoms with Crippen molar-refractivity contribution in [1.82, 2.24) is 10.2 Å². The lowest BCUT2D eigenvalue weighted by Crippen LogP contribution is -2.47. The maximum atomic E-state index is 11.9. The smallest absolute Gasteiger partial charge is 0.326 e. The van der Waals surface area contributed by atoms with Gasteiger partial charge in [-0.15, -0.1) is 11.3 Å². The van der Waals surface area contributed by atoms with Crippen molar-refractivity contribution in [3.8, 4) is 0 Å². The summed E-state index contributed by atoms with van der Waals surface area (Å²) in [5.41, 5.74) is 0. The summed E-state index contributed by atoms with van der Waals surface area (Å²) in [6.07, 6.45) is 2.95. The van der Waals surface area contributed by atoms with Crippen molar-refractivity contribution in [2.75, 3.05) is 13.6 Å². The van der Waals surface area contributed by atoms with E-state index in [1.165, 1.54) is 9.78 Å². The van der Waals surface area contributed by atoms with Crippen LogP contribution < -0.4 is 5.32 Å². The molecule has 1 atom stereocenters. The highest BCUT2D eigenvalue weighted by molar-refractivity contribution is 7.09. The van der Waals surface area contributed by atoms with E-state index in [4.69, 9.17) is 5.11 Å². The Bertz CT molecular complexity index is 420. The van der Waals surface area contributed by atoms with Crippen LogP contribution in [0, 0.1) is 0 Å². The lowest BCUT2D eigenvalue weighted by Gasteiger charge is -2.21. The van der Waals surface area contributed by atoms with Gasteiger partial charge in [0.15, 0.2) is 0 Å². The van der Waals surface area contributed by atoms with Crippen LogP contribution in [-0.2, 0) is 11.2 Å². The average Bonchev–Trinajstić information content (AvgIpc) is 2.93. The van der Waals surface area contributed by atoms with Crippen molar-refractivity contribution in [1.29, 1.82) is 0 Å². The highest BCUT2D eigenvalue weighted by atomic mass is 32.1. The summed E-state index contributed by atoms with van der Waals surface area (Å²) < 4.78 is 0. The van der Waals surface area contributed by atoms with Crippen molar-refractivity contribution in [3.63, 3.8) is 0 Å². The fourth-order valence-corrected chi connectivity index (χ4v) is 2.46. The number of carbonyl (C=O) groups is 2. The third-order valence-electron chi connectivity index (χ3n) is 3.06. The van der Waals surface area contributed by atoms with Gasteiger partial charge in [0.2, 0.25) is 0 Å². The van der Waals surface area contributed by atoms with Crippen LogP contribution in [-0.4, -0.2) is 41.6 Å². The molecule has 0 saturated heterocycles. The summed E-state index contributed by atoms with van der Waals surface area (Å²) in [4.78, 5) is 25.8. The third-order valence-corrected chi connectivity index (χ3v) is 4.00. The van der Waals surface area contributed by atoms with Crippen LogP contribution in [0.5, 0.6) is 0 Å².